The number of amides is 1. The molecule has 0 aromatic heterocycles. The second-order valence-electron chi connectivity index (χ2n) is 3.91. The first-order valence-corrected chi connectivity index (χ1v) is 5.53. The fraction of sp³-hybridized carbons (Fsp3) is 0.333. The van der Waals surface area contributed by atoms with Gasteiger partial charge in [-0.05, 0) is 24.6 Å². The number of carboxylic acid groups (broad SMARTS) is 1. The Bertz CT molecular complexity index is 472. The molecule has 1 aromatic rings. The van der Waals surface area contributed by atoms with Crippen molar-refractivity contribution < 1.29 is 14.7 Å². The number of nitrogen functional groups attached to an aromatic ring is 1. The molecule has 1 rings (SSSR count). The zero-order valence-electron chi connectivity index (χ0n) is 10.4. The summed E-state index contributed by atoms with van der Waals surface area (Å²) in [6.45, 7) is 2.17. The maximum Gasteiger partial charge on any atom is 0.337 e. The van der Waals surface area contributed by atoms with E-state index in [-0.39, 0.29) is 17.2 Å². The molecule has 0 saturated heterocycles. The van der Waals surface area contributed by atoms with Gasteiger partial charge in [0.1, 0.15) is 0 Å². The van der Waals surface area contributed by atoms with E-state index < -0.39 is 5.97 Å². The Morgan fingerprint density at radius 2 is 2.06 bits per heavy atom. The van der Waals surface area contributed by atoms with Crippen LogP contribution in [0, 0.1) is 6.92 Å². The summed E-state index contributed by atoms with van der Waals surface area (Å²) in [5, 5.41) is 14.5. The summed E-state index contributed by atoms with van der Waals surface area (Å²) in [7, 11) is 1.57. The van der Waals surface area contributed by atoms with Crippen molar-refractivity contribution >= 4 is 23.3 Å². The zero-order chi connectivity index (χ0) is 13.7. The van der Waals surface area contributed by atoms with Gasteiger partial charge in [-0.3, -0.25) is 4.79 Å². The number of aromatic carboxylic acids is 1. The van der Waals surface area contributed by atoms with Crippen molar-refractivity contribution in [1.29, 1.82) is 0 Å². The monoisotopic (exact) mass is 251 g/mol. The Kier molecular flexibility index (Phi) is 4.53. The van der Waals surface area contributed by atoms with E-state index in [2.05, 4.69) is 10.6 Å². The van der Waals surface area contributed by atoms with Crippen LogP contribution in [0.15, 0.2) is 12.1 Å². The van der Waals surface area contributed by atoms with Gasteiger partial charge in [0.15, 0.2) is 0 Å². The molecule has 0 fully saturated rings. The second-order valence-corrected chi connectivity index (χ2v) is 3.91. The number of hydrogen-bond acceptors (Lipinski definition) is 4. The van der Waals surface area contributed by atoms with Crippen molar-refractivity contribution in [2.45, 2.75) is 13.3 Å². The Hall–Kier alpha value is -2.24. The Morgan fingerprint density at radius 1 is 1.39 bits per heavy atom. The van der Waals surface area contributed by atoms with Crippen molar-refractivity contribution in [1.82, 2.24) is 5.32 Å². The minimum Gasteiger partial charge on any atom is -0.478 e. The van der Waals surface area contributed by atoms with Crippen LogP contribution in [0.3, 0.4) is 0 Å². The van der Waals surface area contributed by atoms with E-state index in [0.29, 0.717) is 24.2 Å². The van der Waals surface area contributed by atoms with Crippen LogP contribution < -0.4 is 16.4 Å². The van der Waals surface area contributed by atoms with Gasteiger partial charge in [-0.15, -0.1) is 0 Å². The van der Waals surface area contributed by atoms with Gasteiger partial charge in [-0.1, -0.05) is 0 Å². The highest BCUT2D eigenvalue weighted by atomic mass is 16.4. The number of carboxylic acids is 1. The molecule has 18 heavy (non-hydrogen) atoms. The van der Waals surface area contributed by atoms with Crippen LogP contribution in [0.4, 0.5) is 11.4 Å². The first-order valence-electron chi connectivity index (χ1n) is 5.53. The summed E-state index contributed by atoms with van der Waals surface area (Å²) in [6, 6.07) is 3.22. The molecular formula is C12H17N3O3. The van der Waals surface area contributed by atoms with Gasteiger partial charge in [0.25, 0.3) is 0 Å². The van der Waals surface area contributed by atoms with Crippen molar-refractivity contribution in [2.75, 3.05) is 24.6 Å². The molecule has 0 bridgehead atoms. The first kappa shape index (κ1) is 13.8. The third-order valence-corrected chi connectivity index (χ3v) is 2.58. The maximum atomic E-state index is 11.0. The van der Waals surface area contributed by atoms with E-state index in [9.17, 15) is 9.59 Å². The zero-order valence-corrected chi connectivity index (χ0v) is 10.4. The van der Waals surface area contributed by atoms with Crippen molar-refractivity contribution in [3.63, 3.8) is 0 Å². The highest BCUT2D eigenvalue weighted by Gasteiger charge is 2.11. The molecule has 0 heterocycles. The van der Waals surface area contributed by atoms with Gasteiger partial charge in [0, 0.05) is 31.4 Å². The van der Waals surface area contributed by atoms with E-state index in [4.69, 9.17) is 10.8 Å². The normalized spacial score (nSPS) is 9.89. The number of aryl methyl sites for hydroxylation is 1. The minimum absolute atomic E-state index is 0.0671. The average molecular weight is 251 g/mol. The average Bonchev–Trinajstić information content (AvgIpc) is 2.32. The van der Waals surface area contributed by atoms with Crippen LogP contribution in [0.1, 0.15) is 22.3 Å². The number of rotatable bonds is 5. The van der Waals surface area contributed by atoms with E-state index in [1.807, 2.05) is 0 Å². The number of nitrogens with two attached hydrogens (primary N) is 1. The van der Waals surface area contributed by atoms with Gasteiger partial charge in [0.05, 0.1) is 5.56 Å². The summed E-state index contributed by atoms with van der Waals surface area (Å²) < 4.78 is 0. The van der Waals surface area contributed by atoms with Crippen molar-refractivity contribution in [3.8, 4) is 0 Å². The molecule has 0 aliphatic carbocycles. The predicted octanol–water partition coefficient (Wildman–Crippen LogP) is 0.823. The van der Waals surface area contributed by atoms with Crippen LogP contribution in [0.5, 0.6) is 0 Å². The molecule has 6 nitrogen and oxygen atoms in total. The molecule has 0 radical (unpaired) electrons. The summed E-state index contributed by atoms with van der Waals surface area (Å²) >= 11 is 0. The lowest BCUT2D eigenvalue weighted by molar-refractivity contribution is -0.120. The topological polar surface area (TPSA) is 104 Å². The van der Waals surface area contributed by atoms with Crippen LogP contribution >= 0.6 is 0 Å². The molecule has 0 atom stereocenters. The maximum absolute atomic E-state index is 11.0. The molecule has 5 N–H and O–H groups in total. The highest BCUT2D eigenvalue weighted by molar-refractivity contribution is 5.95. The fourth-order valence-electron chi connectivity index (χ4n) is 1.52. The van der Waals surface area contributed by atoms with Crippen molar-refractivity contribution in [2.24, 2.45) is 0 Å². The molecular weight excluding hydrogens is 234 g/mol. The third kappa shape index (κ3) is 3.38. The molecule has 0 aliphatic heterocycles. The van der Waals surface area contributed by atoms with Crippen LogP contribution in [0.25, 0.3) is 0 Å². The molecule has 0 aliphatic rings. The van der Waals surface area contributed by atoms with E-state index in [0.717, 1.165) is 0 Å². The van der Waals surface area contributed by atoms with Crippen LogP contribution in [0.2, 0.25) is 0 Å². The highest BCUT2D eigenvalue weighted by Crippen LogP contribution is 2.22. The Morgan fingerprint density at radius 3 is 2.61 bits per heavy atom. The van der Waals surface area contributed by atoms with Gasteiger partial charge in [-0.25, -0.2) is 4.79 Å². The molecule has 98 valence electrons. The largest absolute Gasteiger partial charge is 0.478 e. The minimum atomic E-state index is -1.06. The predicted molar refractivity (Wildman–Crippen MR) is 69.7 cm³/mol. The lowest BCUT2D eigenvalue weighted by atomic mass is 10.1. The van der Waals surface area contributed by atoms with Crippen LogP contribution in [-0.4, -0.2) is 30.6 Å². The number of carbonyl (C=O) groups excluding carboxylic acids is 1. The smallest absolute Gasteiger partial charge is 0.337 e. The number of benzene rings is 1. The molecule has 1 aromatic carbocycles. The molecule has 0 saturated carbocycles. The molecule has 0 spiro atoms. The number of nitrogens with one attached hydrogen (secondary N) is 2. The summed E-state index contributed by atoms with van der Waals surface area (Å²) in [6.07, 6.45) is 0.322. The lowest BCUT2D eigenvalue weighted by Gasteiger charge is -2.11. The third-order valence-electron chi connectivity index (χ3n) is 2.58. The van der Waals surface area contributed by atoms with Gasteiger partial charge >= 0.3 is 5.97 Å². The lowest BCUT2D eigenvalue weighted by Crippen LogP contribution is -2.21. The van der Waals surface area contributed by atoms with Gasteiger partial charge < -0.3 is 21.5 Å². The molecule has 6 heteroatoms. The SMILES string of the molecule is CNC(=O)CCNc1cc(C)c(N)c(C(=O)O)c1. The second kappa shape index (κ2) is 5.90. The molecule has 0 unspecified atom stereocenters. The summed E-state index contributed by atoms with van der Waals surface area (Å²) in [4.78, 5) is 22.0. The number of hydrogen-bond donors (Lipinski definition) is 4. The quantitative estimate of drug-likeness (QED) is 0.580. The van der Waals surface area contributed by atoms with Gasteiger partial charge in [-0.2, -0.15) is 0 Å². The number of carbonyl (C=O) groups is 2. The Balaban J connectivity index is 2.78. The molecule has 1 amide bonds. The summed E-state index contributed by atoms with van der Waals surface area (Å²) in [5.41, 5.74) is 7.34. The first-order chi connectivity index (χ1) is 8.45. The van der Waals surface area contributed by atoms with E-state index >= 15 is 0 Å². The fourth-order valence-corrected chi connectivity index (χ4v) is 1.52. The van der Waals surface area contributed by atoms with Crippen LogP contribution in [-0.2, 0) is 4.79 Å². The van der Waals surface area contributed by atoms with E-state index in [1.165, 1.54) is 6.07 Å². The number of anilines is 2. The Labute approximate surface area is 105 Å². The van der Waals surface area contributed by atoms with Gasteiger partial charge in [0.2, 0.25) is 5.91 Å². The summed E-state index contributed by atoms with van der Waals surface area (Å²) in [5.74, 6) is -1.14. The van der Waals surface area contributed by atoms with E-state index in [1.54, 1.807) is 20.0 Å². The standard InChI is InChI=1S/C12H17N3O3/c1-7-5-8(15-4-3-10(16)14-2)6-9(11(7)13)12(17)18/h5-6,15H,3-4,13H2,1-2H3,(H,14,16)(H,17,18). The van der Waals surface area contributed by atoms with Crippen molar-refractivity contribution in [3.05, 3.63) is 23.3 Å².